The van der Waals surface area contributed by atoms with Crippen molar-refractivity contribution in [3.8, 4) is 5.75 Å². The van der Waals surface area contributed by atoms with Gasteiger partial charge in [0.2, 0.25) is 0 Å². The van der Waals surface area contributed by atoms with Gasteiger partial charge in [0.1, 0.15) is 5.75 Å². The number of methoxy groups -OCH3 is 1. The van der Waals surface area contributed by atoms with Crippen LogP contribution in [0.2, 0.25) is 0 Å². The molecule has 0 aromatic heterocycles. The third-order valence-electron chi connectivity index (χ3n) is 4.03. The van der Waals surface area contributed by atoms with Crippen molar-refractivity contribution >= 4 is 5.96 Å². The summed E-state index contributed by atoms with van der Waals surface area (Å²) in [5.41, 5.74) is 1.13. The molecular formula is C18H29N3O3. The Labute approximate surface area is 144 Å². The highest BCUT2D eigenvalue weighted by Crippen LogP contribution is 2.18. The second-order valence-corrected chi connectivity index (χ2v) is 5.85. The minimum atomic E-state index is 0.275. The predicted molar refractivity (Wildman–Crippen MR) is 95.6 cm³/mol. The van der Waals surface area contributed by atoms with Gasteiger partial charge >= 0.3 is 0 Å². The molecule has 2 rings (SSSR count). The molecule has 1 atom stereocenters. The van der Waals surface area contributed by atoms with Crippen molar-refractivity contribution in [2.75, 3.05) is 47.6 Å². The monoisotopic (exact) mass is 335 g/mol. The Morgan fingerprint density at radius 1 is 1.42 bits per heavy atom. The highest BCUT2D eigenvalue weighted by Gasteiger charge is 2.15. The van der Waals surface area contributed by atoms with E-state index >= 15 is 0 Å². The summed E-state index contributed by atoms with van der Waals surface area (Å²) in [6.07, 6.45) is 2.53. The molecule has 1 heterocycles. The summed E-state index contributed by atoms with van der Waals surface area (Å²) in [6, 6.07) is 8.02. The van der Waals surface area contributed by atoms with E-state index in [1.165, 1.54) is 0 Å². The maximum absolute atomic E-state index is 5.67. The standard InChI is InChI=1S/C18H29N3O3/c1-19-18(20-10-12-23-14-16-8-6-11-24-16)21(2)13-15-7-4-5-9-17(15)22-3/h4-5,7,9,16H,6,8,10-14H2,1-3H3,(H,19,20). The lowest BCUT2D eigenvalue weighted by molar-refractivity contribution is 0.0190. The van der Waals surface area contributed by atoms with Gasteiger partial charge in [0.15, 0.2) is 5.96 Å². The summed E-state index contributed by atoms with van der Waals surface area (Å²) in [7, 11) is 5.49. The molecule has 1 aromatic carbocycles. The van der Waals surface area contributed by atoms with Crippen molar-refractivity contribution in [2.45, 2.75) is 25.5 Å². The number of guanidine groups is 1. The van der Waals surface area contributed by atoms with Crippen LogP contribution in [-0.2, 0) is 16.0 Å². The number of hydrogen-bond acceptors (Lipinski definition) is 4. The van der Waals surface area contributed by atoms with E-state index in [0.717, 1.165) is 49.8 Å². The number of hydrogen-bond donors (Lipinski definition) is 1. The highest BCUT2D eigenvalue weighted by molar-refractivity contribution is 5.79. The van der Waals surface area contributed by atoms with Gasteiger partial charge in [-0.3, -0.25) is 4.99 Å². The third-order valence-corrected chi connectivity index (χ3v) is 4.03. The zero-order valence-corrected chi connectivity index (χ0v) is 15.0. The molecule has 0 amide bonds. The number of para-hydroxylation sites is 1. The molecule has 1 fully saturated rings. The van der Waals surface area contributed by atoms with Gasteiger partial charge in [0.25, 0.3) is 0 Å². The zero-order chi connectivity index (χ0) is 17.2. The summed E-state index contributed by atoms with van der Waals surface area (Å²) in [5.74, 6) is 1.72. The fourth-order valence-corrected chi connectivity index (χ4v) is 2.77. The number of nitrogens with one attached hydrogen (secondary N) is 1. The Morgan fingerprint density at radius 3 is 2.96 bits per heavy atom. The molecule has 1 saturated heterocycles. The lowest BCUT2D eigenvalue weighted by atomic mass is 10.2. The van der Waals surface area contributed by atoms with E-state index < -0.39 is 0 Å². The van der Waals surface area contributed by atoms with Crippen LogP contribution < -0.4 is 10.1 Å². The van der Waals surface area contributed by atoms with Crippen molar-refractivity contribution in [1.29, 1.82) is 0 Å². The first kappa shape index (κ1) is 18.5. The van der Waals surface area contributed by atoms with E-state index in [1.54, 1.807) is 14.2 Å². The number of ether oxygens (including phenoxy) is 3. The SMILES string of the molecule is CN=C(NCCOCC1CCCO1)N(C)Cc1ccccc1OC. The Morgan fingerprint density at radius 2 is 2.25 bits per heavy atom. The van der Waals surface area contributed by atoms with Crippen LogP contribution in [0.3, 0.4) is 0 Å². The van der Waals surface area contributed by atoms with Crippen molar-refractivity contribution in [3.63, 3.8) is 0 Å². The molecule has 1 aromatic rings. The normalized spacial score (nSPS) is 17.8. The molecule has 0 bridgehead atoms. The second-order valence-electron chi connectivity index (χ2n) is 5.85. The minimum absolute atomic E-state index is 0.275. The summed E-state index contributed by atoms with van der Waals surface area (Å²) >= 11 is 0. The molecule has 6 nitrogen and oxygen atoms in total. The molecule has 134 valence electrons. The quantitative estimate of drug-likeness (QED) is 0.447. The Kier molecular flexibility index (Phi) is 7.85. The maximum Gasteiger partial charge on any atom is 0.193 e. The smallest absolute Gasteiger partial charge is 0.193 e. The lowest BCUT2D eigenvalue weighted by Gasteiger charge is -2.23. The Bertz CT molecular complexity index is 516. The summed E-state index contributed by atoms with van der Waals surface area (Å²) in [5, 5.41) is 3.32. The molecule has 0 aliphatic carbocycles. The minimum Gasteiger partial charge on any atom is -0.496 e. The molecule has 1 N–H and O–H groups in total. The van der Waals surface area contributed by atoms with E-state index in [4.69, 9.17) is 14.2 Å². The molecule has 1 unspecified atom stereocenters. The van der Waals surface area contributed by atoms with Gasteiger partial charge < -0.3 is 24.4 Å². The van der Waals surface area contributed by atoms with Crippen molar-refractivity contribution in [1.82, 2.24) is 10.2 Å². The van der Waals surface area contributed by atoms with Crippen LogP contribution in [0.25, 0.3) is 0 Å². The van der Waals surface area contributed by atoms with E-state index in [1.807, 2.05) is 25.2 Å². The van der Waals surface area contributed by atoms with Gasteiger partial charge in [0.05, 0.1) is 26.4 Å². The fraction of sp³-hybridized carbons (Fsp3) is 0.611. The van der Waals surface area contributed by atoms with Crippen LogP contribution in [0.15, 0.2) is 29.3 Å². The average Bonchev–Trinajstić information content (AvgIpc) is 3.12. The van der Waals surface area contributed by atoms with Gasteiger partial charge in [-0.15, -0.1) is 0 Å². The largest absolute Gasteiger partial charge is 0.496 e. The van der Waals surface area contributed by atoms with Crippen LogP contribution >= 0.6 is 0 Å². The molecule has 0 radical (unpaired) electrons. The van der Waals surface area contributed by atoms with Gasteiger partial charge in [0, 0.05) is 39.4 Å². The van der Waals surface area contributed by atoms with E-state index in [0.29, 0.717) is 13.2 Å². The van der Waals surface area contributed by atoms with Gasteiger partial charge in [-0.1, -0.05) is 18.2 Å². The molecule has 6 heteroatoms. The van der Waals surface area contributed by atoms with Crippen LogP contribution in [0.1, 0.15) is 18.4 Å². The summed E-state index contributed by atoms with van der Waals surface area (Å²) in [6.45, 7) is 3.63. The first-order chi connectivity index (χ1) is 11.7. The molecule has 24 heavy (non-hydrogen) atoms. The molecule has 0 spiro atoms. The Balaban J connectivity index is 1.72. The van der Waals surface area contributed by atoms with Gasteiger partial charge in [-0.05, 0) is 18.9 Å². The summed E-state index contributed by atoms with van der Waals surface area (Å²) < 4.78 is 16.6. The first-order valence-electron chi connectivity index (χ1n) is 8.47. The molecular weight excluding hydrogens is 306 g/mol. The molecule has 1 aliphatic rings. The topological polar surface area (TPSA) is 55.3 Å². The van der Waals surface area contributed by atoms with E-state index in [2.05, 4.69) is 21.3 Å². The van der Waals surface area contributed by atoms with Gasteiger partial charge in [-0.25, -0.2) is 0 Å². The number of nitrogens with zero attached hydrogens (tertiary/aromatic N) is 2. The van der Waals surface area contributed by atoms with Crippen LogP contribution in [-0.4, -0.2) is 64.5 Å². The number of benzene rings is 1. The fourth-order valence-electron chi connectivity index (χ4n) is 2.77. The Hall–Kier alpha value is -1.79. The highest BCUT2D eigenvalue weighted by atomic mass is 16.5. The molecule has 1 aliphatic heterocycles. The third kappa shape index (κ3) is 5.69. The second kappa shape index (κ2) is 10.2. The first-order valence-corrected chi connectivity index (χ1v) is 8.47. The number of aliphatic imine (C=N–C) groups is 1. The average molecular weight is 335 g/mol. The lowest BCUT2D eigenvalue weighted by Crippen LogP contribution is -2.40. The van der Waals surface area contributed by atoms with Crippen LogP contribution in [0, 0.1) is 0 Å². The van der Waals surface area contributed by atoms with E-state index in [-0.39, 0.29) is 6.10 Å². The summed E-state index contributed by atoms with van der Waals surface area (Å²) in [4.78, 5) is 6.39. The van der Waals surface area contributed by atoms with Crippen molar-refractivity contribution in [3.05, 3.63) is 29.8 Å². The van der Waals surface area contributed by atoms with Crippen molar-refractivity contribution < 1.29 is 14.2 Å². The van der Waals surface area contributed by atoms with Crippen LogP contribution in [0.4, 0.5) is 0 Å². The molecule has 0 saturated carbocycles. The van der Waals surface area contributed by atoms with Gasteiger partial charge in [-0.2, -0.15) is 0 Å². The maximum atomic E-state index is 5.67. The van der Waals surface area contributed by atoms with Crippen LogP contribution in [0.5, 0.6) is 5.75 Å². The van der Waals surface area contributed by atoms with E-state index in [9.17, 15) is 0 Å². The predicted octanol–water partition coefficient (Wildman–Crippen LogP) is 1.90. The van der Waals surface area contributed by atoms with Crippen molar-refractivity contribution in [2.24, 2.45) is 4.99 Å². The number of rotatable bonds is 8. The zero-order valence-electron chi connectivity index (χ0n) is 15.0.